The molecule has 0 bridgehead atoms. The molecule has 1 atom stereocenters. The Bertz CT molecular complexity index is 358. The van der Waals surface area contributed by atoms with Gasteiger partial charge >= 0.3 is 5.97 Å². The number of hydrogen-bond acceptors (Lipinski definition) is 3. The van der Waals surface area contributed by atoms with E-state index in [2.05, 4.69) is 4.90 Å². The zero-order valence-corrected chi connectivity index (χ0v) is 8.77. The zero-order valence-electron chi connectivity index (χ0n) is 8.77. The largest absolute Gasteiger partial charge is 0.481 e. The molecule has 0 amide bonds. The number of aryl methyl sites for hydroxylation is 1. The van der Waals surface area contributed by atoms with Crippen LogP contribution in [0.1, 0.15) is 17.9 Å². The monoisotopic (exact) mass is 209 g/mol. The number of likely N-dealkylation sites (tertiary alicyclic amines) is 1. The van der Waals surface area contributed by atoms with Gasteiger partial charge in [-0.15, -0.1) is 0 Å². The van der Waals surface area contributed by atoms with Gasteiger partial charge in [0.05, 0.1) is 12.5 Å². The van der Waals surface area contributed by atoms with Crippen LogP contribution in [0.3, 0.4) is 0 Å². The molecule has 1 aliphatic rings. The second-order valence-corrected chi connectivity index (χ2v) is 4.07. The van der Waals surface area contributed by atoms with Crippen molar-refractivity contribution < 1.29 is 14.3 Å². The summed E-state index contributed by atoms with van der Waals surface area (Å²) in [7, 11) is 0. The Labute approximate surface area is 88.5 Å². The average Bonchev–Trinajstić information content (AvgIpc) is 2.76. The predicted octanol–water partition coefficient (Wildman–Crippen LogP) is 1.49. The maximum absolute atomic E-state index is 10.8. The highest BCUT2D eigenvalue weighted by atomic mass is 16.4. The van der Waals surface area contributed by atoms with Gasteiger partial charge in [-0.2, -0.15) is 0 Å². The zero-order chi connectivity index (χ0) is 10.8. The van der Waals surface area contributed by atoms with Gasteiger partial charge in [-0.25, -0.2) is 0 Å². The summed E-state index contributed by atoms with van der Waals surface area (Å²) < 4.78 is 5.45. The van der Waals surface area contributed by atoms with Crippen LogP contribution >= 0.6 is 0 Å². The number of carboxylic acids is 1. The third kappa shape index (κ3) is 2.39. The number of aliphatic carboxylic acids is 1. The smallest absolute Gasteiger partial charge is 0.307 e. The van der Waals surface area contributed by atoms with Crippen LogP contribution < -0.4 is 0 Å². The van der Waals surface area contributed by atoms with Gasteiger partial charge in [-0.1, -0.05) is 0 Å². The van der Waals surface area contributed by atoms with E-state index < -0.39 is 5.97 Å². The predicted molar refractivity (Wildman–Crippen MR) is 54.5 cm³/mol. The molecule has 82 valence electrons. The van der Waals surface area contributed by atoms with E-state index in [0.717, 1.165) is 31.0 Å². The molecule has 4 heteroatoms. The maximum Gasteiger partial charge on any atom is 0.307 e. The summed E-state index contributed by atoms with van der Waals surface area (Å²) in [6.45, 7) is 4.11. The quantitative estimate of drug-likeness (QED) is 0.819. The van der Waals surface area contributed by atoms with Crippen molar-refractivity contribution in [3.63, 3.8) is 0 Å². The van der Waals surface area contributed by atoms with Crippen molar-refractivity contribution in [3.05, 3.63) is 23.7 Å². The second kappa shape index (κ2) is 4.06. The highest BCUT2D eigenvalue weighted by Crippen LogP contribution is 2.19. The lowest BCUT2D eigenvalue weighted by Gasteiger charge is -2.12. The third-order valence-electron chi connectivity index (χ3n) is 2.80. The molecule has 1 aliphatic heterocycles. The van der Waals surface area contributed by atoms with Crippen molar-refractivity contribution in [1.29, 1.82) is 0 Å². The van der Waals surface area contributed by atoms with Gasteiger partial charge in [-0.05, 0) is 32.0 Å². The summed E-state index contributed by atoms with van der Waals surface area (Å²) in [5, 5.41) is 8.85. The van der Waals surface area contributed by atoms with E-state index in [4.69, 9.17) is 9.52 Å². The van der Waals surface area contributed by atoms with Crippen LogP contribution in [0.5, 0.6) is 0 Å². The van der Waals surface area contributed by atoms with E-state index in [1.54, 1.807) is 0 Å². The summed E-state index contributed by atoms with van der Waals surface area (Å²) in [5.41, 5.74) is 0. The number of nitrogens with zero attached hydrogens (tertiary/aromatic N) is 1. The highest BCUT2D eigenvalue weighted by molar-refractivity contribution is 5.70. The molecule has 1 aromatic rings. The molecule has 0 saturated carbocycles. The van der Waals surface area contributed by atoms with Crippen LogP contribution in [0.15, 0.2) is 16.5 Å². The Kier molecular flexibility index (Phi) is 2.77. The lowest BCUT2D eigenvalue weighted by molar-refractivity contribution is -0.141. The minimum atomic E-state index is -0.687. The Morgan fingerprint density at radius 3 is 3.00 bits per heavy atom. The van der Waals surface area contributed by atoms with Crippen molar-refractivity contribution in [2.75, 3.05) is 13.1 Å². The average molecular weight is 209 g/mol. The molecule has 0 spiro atoms. The molecule has 1 unspecified atom stereocenters. The number of furan rings is 1. The van der Waals surface area contributed by atoms with Crippen LogP contribution in [-0.4, -0.2) is 29.1 Å². The van der Waals surface area contributed by atoms with Crippen LogP contribution in [0.4, 0.5) is 0 Å². The van der Waals surface area contributed by atoms with Gasteiger partial charge in [0.15, 0.2) is 0 Å². The second-order valence-electron chi connectivity index (χ2n) is 4.07. The summed E-state index contributed by atoms with van der Waals surface area (Å²) >= 11 is 0. The fourth-order valence-corrected chi connectivity index (χ4v) is 1.97. The molecular weight excluding hydrogens is 194 g/mol. The van der Waals surface area contributed by atoms with Gasteiger partial charge in [-0.3, -0.25) is 9.69 Å². The van der Waals surface area contributed by atoms with E-state index in [1.165, 1.54) is 0 Å². The highest BCUT2D eigenvalue weighted by Gasteiger charge is 2.28. The van der Waals surface area contributed by atoms with E-state index in [9.17, 15) is 4.79 Å². The lowest BCUT2D eigenvalue weighted by Crippen LogP contribution is -2.22. The first-order chi connectivity index (χ1) is 7.15. The van der Waals surface area contributed by atoms with Crippen molar-refractivity contribution >= 4 is 5.97 Å². The van der Waals surface area contributed by atoms with Crippen molar-refractivity contribution in [2.24, 2.45) is 5.92 Å². The van der Waals surface area contributed by atoms with E-state index >= 15 is 0 Å². The third-order valence-corrected chi connectivity index (χ3v) is 2.80. The fraction of sp³-hybridized carbons (Fsp3) is 0.545. The number of carboxylic acid groups (broad SMARTS) is 1. The summed E-state index contributed by atoms with van der Waals surface area (Å²) in [6.07, 6.45) is 0.745. The summed E-state index contributed by atoms with van der Waals surface area (Å²) in [5.74, 6) is 0.923. The molecule has 1 aromatic heterocycles. The van der Waals surface area contributed by atoms with Crippen LogP contribution in [-0.2, 0) is 11.3 Å². The molecule has 0 aromatic carbocycles. The maximum atomic E-state index is 10.8. The van der Waals surface area contributed by atoms with E-state index in [-0.39, 0.29) is 5.92 Å². The Morgan fingerprint density at radius 1 is 1.67 bits per heavy atom. The molecule has 2 heterocycles. The summed E-state index contributed by atoms with van der Waals surface area (Å²) in [6, 6.07) is 3.88. The molecule has 0 radical (unpaired) electrons. The number of carbonyl (C=O) groups is 1. The van der Waals surface area contributed by atoms with Gasteiger partial charge in [0.1, 0.15) is 11.5 Å². The first-order valence-electron chi connectivity index (χ1n) is 5.15. The molecule has 1 saturated heterocycles. The molecular formula is C11H15NO3. The summed E-state index contributed by atoms with van der Waals surface area (Å²) in [4.78, 5) is 12.9. The minimum Gasteiger partial charge on any atom is -0.481 e. The normalized spacial score (nSPS) is 22.1. The topological polar surface area (TPSA) is 53.7 Å². The molecule has 4 nitrogen and oxygen atoms in total. The van der Waals surface area contributed by atoms with Crippen molar-refractivity contribution in [2.45, 2.75) is 19.9 Å². The first kappa shape index (κ1) is 10.2. The Balaban J connectivity index is 1.90. The van der Waals surface area contributed by atoms with Crippen molar-refractivity contribution in [3.8, 4) is 0 Å². The first-order valence-corrected chi connectivity index (χ1v) is 5.15. The van der Waals surface area contributed by atoms with Gasteiger partial charge in [0, 0.05) is 6.54 Å². The van der Waals surface area contributed by atoms with E-state index in [1.807, 2.05) is 19.1 Å². The minimum absolute atomic E-state index is 0.207. The van der Waals surface area contributed by atoms with E-state index in [0.29, 0.717) is 6.54 Å². The van der Waals surface area contributed by atoms with Crippen LogP contribution in [0.25, 0.3) is 0 Å². The van der Waals surface area contributed by atoms with Crippen LogP contribution in [0.2, 0.25) is 0 Å². The van der Waals surface area contributed by atoms with Gasteiger partial charge < -0.3 is 9.52 Å². The number of hydrogen-bond donors (Lipinski definition) is 1. The lowest BCUT2D eigenvalue weighted by atomic mass is 10.1. The molecule has 1 N–H and O–H groups in total. The van der Waals surface area contributed by atoms with Gasteiger partial charge in [0.2, 0.25) is 0 Å². The molecule has 15 heavy (non-hydrogen) atoms. The molecule has 0 aliphatic carbocycles. The van der Waals surface area contributed by atoms with Crippen LogP contribution in [0, 0.1) is 12.8 Å². The molecule has 1 fully saturated rings. The van der Waals surface area contributed by atoms with Gasteiger partial charge in [0.25, 0.3) is 0 Å². The van der Waals surface area contributed by atoms with Crippen molar-refractivity contribution in [1.82, 2.24) is 4.90 Å². The Morgan fingerprint density at radius 2 is 2.47 bits per heavy atom. The molecule has 2 rings (SSSR count). The Hall–Kier alpha value is -1.29. The fourth-order valence-electron chi connectivity index (χ4n) is 1.97. The SMILES string of the molecule is Cc1ccc(CN2CCC(C(=O)O)C2)o1. The standard InChI is InChI=1S/C11H15NO3/c1-8-2-3-10(15-8)7-12-5-4-9(6-12)11(13)14/h2-3,9H,4-7H2,1H3,(H,13,14). The number of rotatable bonds is 3.